The lowest BCUT2D eigenvalue weighted by Crippen LogP contribution is -2.50. The standard InChI is InChI=1S/C28H40N4O2/c1-30(2)22-27(33)32-17-14-28(15-18-32)13-7-5-10-24-9-3-4-12-26(24)34-20-19-31(23-28)21-25-11-6-8-16-29-25/h3-4,6,8-9,11-12,16H,5,7,10,13-15,17-23H2,1-2H3. The number of likely N-dealkylation sites (tertiary alicyclic amines) is 1. The van der Waals surface area contributed by atoms with E-state index in [9.17, 15) is 4.79 Å². The molecule has 4 rings (SSSR count). The molecule has 3 heterocycles. The number of nitrogens with zero attached hydrogens (tertiary/aromatic N) is 4. The van der Waals surface area contributed by atoms with Gasteiger partial charge in [0.15, 0.2) is 0 Å². The molecular weight excluding hydrogens is 424 g/mol. The lowest BCUT2D eigenvalue weighted by molar-refractivity contribution is -0.134. The molecule has 2 aliphatic rings. The molecule has 0 aliphatic carbocycles. The van der Waals surface area contributed by atoms with Crippen LogP contribution in [0.1, 0.15) is 43.4 Å². The van der Waals surface area contributed by atoms with Gasteiger partial charge >= 0.3 is 0 Å². The Morgan fingerprint density at radius 2 is 1.82 bits per heavy atom. The maximum atomic E-state index is 12.7. The highest BCUT2D eigenvalue weighted by Gasteiger charge is 2.37. The first-order valence-corrected chi connectivity index (χ1v) is 12.8. The van der Waals surface area contributed by atoms with Gasteiger partial charge in [-0.25, -0.2) is 0 Å². The Balaban J connectivity index is 1.49. The van der Waals surface area contributed by atoms with Crippen LogP contribution < -0.4 is 4.74 Å². The minimum atomic E-state index is 0.238. The number of piperidine rings is 1. The second-order valence-electron chi connectivity index (χ2n) is 10.3. The van der Waals surface area contributed by atoms with Crippen molar-refractivity contribution in [3.05, 3.63) is 59.9 Å². The third kappa shape index (κ3) is 6.80. The molecule has 0 radical (unpaired) electrons. The highest BCUT2D eigenvalue weighted by molar-refractivity contribution is 5.78. The first-order chi connectivity index (χ1) is 16.5. The van der Waals surface area contributed by atoms with E-state index in [1.165, 1.54) is 24.8 Å². The van der Waals surface area contributed by atoms with E-state index in [0.717, 1.165) is 63.4 Å². The van der Waals surface area contributed by atoms with Crippen molar-refractivity contribution in [3.63, 3.8) is 0 Å². The van der Waals surface area contributed by atoms with Crippen molar-refractivity contribution in [1.82, 2.24) is 19.7 Å². The van der Waals surface area contributed by atoms with E-state index < -0.39 is 0 Å². The Kier molecular flexibility index (Phi) is 8.57. The number of hydrogen-bond acceptors (Lipinski definition) is 5. The highest BCUT2D eigenvalue weighted by Crippen LogP contribution is 2.38. The Hall–Kier alpha value is -2.44. The number of pyridine rings is 1. The van der Waals surface area contributed by atoms with Gasteiger partial charge < -0.3 is 14.5 Å². The molecule has 0 bridgehead atoms. The maximum Gasteiger partial charge on any atom is 0.236 e. The zero-order valence-electron chi connectivity index (χ0n) is 20.9. The van der Waals surface area contributed by atoms with Crippen LogP contribution in [0.2, 0.25) is 0 Å². The van der Waals surface area contributed by atoms with Gasteiger partial charge in [-0.05, 0) is 75.4 Å². The van der Waals surface area contributed by atoms with Crippen molar-refractivity contribution in [3.8, 4) is 5.75 Å². The van der Waals surface area contributed by atoms with Crippen molar-refractivity contribution in [1.29, 1.82) is 0 Å². The molecule has 1 spiro atoms. The van der Waals surface area contributed by atoms with Gasteiger partial charge in [0, 0.05) is 38.9 Å². The number of likely N-dealkylation sites (N-methyl/N-ethyl adjacent to an activating group) is 1. The van der Waals surface area contributed by atoms with Gasteiger partial charge in [-0.2, -0.15) is 0 Å². The van der Waals surface area contributed by atoms with E-state index >= 15 is 0 Å². The maximum absolute atomic E-state index is 12.7. The first-order valence-electron chi connectivity index (χ1n) is 12.8. The molecule has 6 nitrogen and oxygen atoms in total. The minimum absolute atomic E-state index is 0.238. The van der Waals surface area contributed by atoms with E-state index in [2.05, 4.69) is 51.2 Å². The fraction of sp³-hybridized carbons (Fsp3) is 0.571. The smallest absolute Gasteiger partial charge is 0.236 e. The van der Waals surface area contributed by atoms with E-state index in [1.54, 1.807) is 0 Å². The fourth-order valence-electron chi connectivity index (χ4n) is 5.45. The third-order valence-corrected chi connectivity index (χ3v) is 7.34. The Morgan fingerprint density at radius 3 is 2.59 bits per heavy atom. The lowest BCUT2D eigenvalue weighted by Gasteiger charge is -2.45. The summed E-state index contributed by atoms with van der Waals surface area (Å²) in [6.45, 7) is 5.63. The van der Waals surface area contributed by atoms with Crippen molar-refractivity contribution in [2.45, 2.75) is 45.1 Å². The summed E-state index contributed by atoms with van der Waals surface area (Å²) in [5.74, 6) is 1.28. The molecule has 0 N–H and O–H groups in total. The van der Waals surface area contributed by atoms with Gasteiger partial charge in [-0.3, -0.25) is 14.7 Å². The molecule has 0 unspecified atom stereocenters. The van der Waals surface area contributed by atoms with E-state index in [0.29, 0.717) is 13.2 Å². The molecule has 2 aromatic rings. The van der Waals surface area contributed by atoms with Crippen LogP contribution in [-0.4, -0.2) is 79.0 Å². The number of hydrogen-bond donors (Lipinski definition) is 0. The monoisotopic (exact) mass is 464 g/mol. The summed E-state index contributed by atoms with van der Waals surface area (Å²) in [7, 11) is 3.93. The summed E-state index contributed by atoms with van der Waals surface area (Å²) >= 11 is 0. The molecule has 1 aromatic carbocycles. The number of para-hydroxylation sites is 1. The van der Waals surface area contributed by atoms with Crippen LogP contribution in [-0.2, 0) is 17.8 Å². The first kappa shape index (κ1) is 24.7. The lowest BCUT2D eigenvalue weighted by atomic mass is 9.73. The normalized spacial score (nSPS) is 19.7. The van der Waals surface area contributed by atoms with Crippen molar-refractivity contribution >= 4 is 5.91 Å². The number of aromatic nitrogens is 1. The zero-order chi connectivity index (χ0) is 23.8. The SMILES string of the molecule is CN(C)CC(=O)N1CCC2(CCCCc3ccccc3OCCN(Cc3ccccn3)C2)CC1. The van der Waals surface area contributed by atoms with Crippen LogP contribution in [0.5, 0.6) is 5.75 Å². The van der Waals surface area contributed by atoms with Gasteiger partial charge in [-0.15, -0.1) is 0 Å². The molecule has 34 heavy (non-hydrogen) atoms. The van der Waals surface area contributed by atoms with E-state index in [1.807, 2.05) is 31.3 Å². The number of benzene rings is 1. The minimum Gasteiger partial charge on any atom is -0.492 e. The number of amides is 1. The topological polar surface area (TPSA) is 48.9 Å². The molecule has 6 heteroatoms. The van der Waals surface area contributed by atoms with Crippen LogP contribution in [0, 0.1) is 5.41 Å². The fourth-order valence-corrected chi connectivity index (χ4v) is 5.45. The highest BCUT2D eigenvalue weighted by atomic mass is 16.5. The number of ether oxygens (including phenoxy) is 1. The molecule has 1 aromatic heterocycles. The number of carbonyl (C=O) groups excluding carboxylic acids is 1. The largest absolute Gasteiger partial charge is 0.492 e. The summed E-state index contributed by atoms with van der Waals surface area (Å²) in [5, 5.41) is 0. The third-order valence-electron chi connectivity index (χ3n) is 7.34. The van der Waals surface area contributed by atoms with Crippen LogP contribution in [0.4, 0.5) is 0 Å². The summed E-state index contributed by atoms with van der Waals surface area (Å²) in [4.78, 5) is 23.8. The predicted octanol–water partition coefficient (Wildman–Crippen LogP) is 3.86. The second kappa shape index (κ2) is 11.8. The average molecular weight is 465 g/mol. The quantitative estimate of drug-likeness (QED) is 0.688. The van der Waals surface area contributed by atoms with Crippen LogP contribution in [0.3, 0.4) is 0 Å². The second-order valence-corrected chi connectivity index (χ2v) is 10.3. The number of fused-ring (bicyclic) bond motifs is 1. The Bertz CT molecular complexity index is 910. The number of rotatable bonds is 4. The van der Waals surface area contributed by atoms with Crippen LogP contribution >= 0.6 is 0 Å². The van der Waals surface area contributed by atoms with E-state index in [4.69, 9.17) is 4.74 Å². The molecule has 0 saturated carbocycles. The molecule has 0 atom stereocenters. The summed E-state index contributed by atoms with van der Waals surface area (Å²) in [5.41, 5.74) is 2.66. The van der Waals surface area contributed by atoms with Crippen molar-refractivity contribution in [2.75, 3.05) is 53.4 Å². The number of carbonyl (C=O) groups is 1. The van der Waals surface area contributed by atoms with Gasteiger partial charge in [0.25, 0.3) is 0 Å². The molecule has 1 fully saturated rings. The predicted molar refractivity (Wildman–Crippen MR) is 136 cm³/mol. The van der Waals surface area contributed by atoms with Gasteiger partial charge in [0.2, 0.25) is 5.91 Å². The zero-order valence-corrected chi connectivity index (χ0v) is 20.9. The molecule has 1 saturated heterocycles. The summed E-state index contributed by atoms with van der Waals surface area (Å²) in [6, 6.07) is 14.6. The molecular formula is C28H40N4O2. The Labute approximate surface area is 204 Å². The number of aryl methyl sites for hydroxylation is 1. The average Bonchev–Trinajstić information content (AvgIpc) is 2.82. The van der Waals surface area contributed by atoms with Gasteiger partial charge in [0.1, 0.15) is 12.4 Å². The molecule has 184 valence electrons. The Morgan fingerprint density at radius 1 is 1.03 bits per heavy atom. The van der Waals surface area contributed by atoms with Crippen molar-refractivity contribution < 1.29 is 9.53 Å². The van der Waals surface area contributed by atoms with Crippen molar-refractivity contribution in [2.24, 2.45) is 5.41 Å². The summed E-state index contributed by atoms with van der Waals surface area (Å²) in [6.07, 6.45) is 8.68. The van der Waals surface area contributed by atoms with E-state index in [-0.39, 0.29) is 11.3 Å². The van der Waals surface area contributed by atoms with Gasteiger partial charge in [0.05, 0.1) is 12.2 Å². The van der Waals surface area contributed by atoms with Crippen LogP contribution in [0.25, 0.3) is 0 Å². The summed E-state index contributed by atoms with van der Waals surface area (Å²) < 4.78 is 6.27. The molecule has 2 aliphatic heterocycles. The van der Waals surface area contributed by atoms with Crippen LogP contribution in [0.15, 0.2) is 48.7 Å². The molecule has 1 amide bonds. The van der Waals surface area contributed by atoms with Gasteiger partial charge in [-0.1, -0.05) is 30.7 Å².